The molecule has 1 aromatic rings. The molecule has 4 heteroatoms. The Kier molecular flexibility index (Phi) is 10.0. The number of rotatable bonds is 2. The van der Waals surface area contributed by atoms with E-state index in [9.17, 15) is 0 Å². The van der Waals surface area contributed by atoms with Gasteiger partial charge in [-0.15, -0.1) is 6.07 Å². The summed E-state index contributed by atoms with van der Waals surface area (Å²) in [5.74, 6) is 0.639. The Balaban J connectivity index is 0. The average molecular weight is 182 g/mol. The van der Waals surface area contributed by atoms with Crippen LogP contribution >= 0.6 is 0 Å². The Morgan fingerprint density at radius 2 is 2.36 bits per heavy atom. The summed E-state index contributed by atoms with van der Waals surface area (Å²) in [4.78, 5) is 3.82. The Morgan fingerprint density at radius 1 is 1.64 bits per heavy atom. The van der Waals surface area contributed by atoms with E-state index in [1.807, 2.05) is 13.0 Å². The molecule has 0 spiro atoms. The van der Waals surface area contributed by atoms with Crippen molar-refractivity contribution >= 4 is 23.1 Å². The molecule has 1 heterocycles. The fourth-order valence-corrected chi connectivity index (χ4v) is 0.540. The van der Waals surface area contributed by atoms with Gasteiger partial charge in [0.1, 0.15) is 0 Å². The molecule has 0 aromatic carbocycles. The molecule has 0 radical (unpaired) electrons. The molecule has 0 saturated carbocycles. The summed E-state index contributed by atoms with van der Waals surface area (Å²) in [5, 5.41) is 0. The molecule has 0 bridgehead atoms. The van der Waals surface area contributed by atoms with E-state index in [0.29, 0.717) is 12.5 Å². The number of halogens is 1. The maximum Gasteiger partial charge on any atom is 2.00 e. The van der Waals surface area contributed by atoms with Crippen molar-refractivity contribution in [3.8, 4) is 5.88 Å². The fraction of sp³-hybridized carbons (Fsp3) is 0.286. The minimum absolute atomic E-state index is 0. The van der Waals surface area contributed by atoms with Crippen LogP contribution in [0.1, 0.15) is 6.92 Å². The van der Waals surface area contributed by atoms with Crippen LogP contribution < -0.4 is 17.1 Å². The zero-order valence-corrected chi connectivity index (χ0v) is 8.55. The van der Waals surface area contributed by atoms with Gasteiger partial charge in [-0.3, -0.25) is 0 Å². The molecule has 0 N–H and O–H groups in total. The molecule has 2 nitrogen and oxygen atoms in total. The summed E-state index contributed by atoms with van der Waals surface area (Å²) in [7, 11) is 0. The van der Waals surface area contributed by atoms with Crippen molar-refractivity contribution in [2.75, 3.05) is 6.61 Å². The predicted molar refractivity (Wildman–Crippen MR) is 40.0 cm³/mol. The van der Waals surface area contributed by atoms with E-state index in [1.54, 1.807) is 12.1 Å². The number of nitrogens with zero attached hydrogens (tertiary/aromatic N) is 1. The van der Waals surface area contributed by atoms with Crippen LogP contribution in [-0.4, -0.2) is 34.6 Å². The molecule has 0 aliphatic rings. The quantitative estimate of drug-likeness (QED) is 0.386. The third-order valence-corrected chi connectivity index (χ3v) is 0.877. The molecule has 0 saturated heterocycles. The molecule has 1 rings (SSSR count). The topological polar surface area (TPSA) is 22.1 Å². The van der Waals surface area contributed by atoms with E-state index in [4.69, 9.17) is 4.74 Å². The van der Waals surface area contributed by atoms with Crippen LogP contribution in [0.3, 0.4) is 0 Å². The minimum Gasteiger partial charge on any atom is -1.00 e. The standard InChI is InChI=1S/C7H8NO.ClH.Mg/c1-2-9-7-5-3-4-6-8-7;;/h3-5H,2H2,1H3;1H;/q-1;;+2/p-1. The van der Waals surface area contributed by atoms with Crippen molar-refractivity contribution in [1.29, 1.82) is 0 Å². The van der Waals surface area contributed by atoms with Gasteiger partial charge in [-0.25, -0.2) is 0 Å². The molecule has 0 fully saturated rings. The third kappa shape index (κ3) is 5.29. The van der Waals surface area contributed by atoms with Crippen molar-refractivity contribution in [1.82, 2.24) is 4.98 Å². The van der Waals surface area contributed by atoms with Gasteiger partial charge in [0.15, 0.2) is 0 Å². The van der Waals surface area contributed by atoms with Crippen molar-refractivity contribution in [3.05, 3.63) is 24.4 Å². The average Bonchev–Trinajstić information content (AvgIpc) is 1.91. The first kappa shape index (κ1) is 13.6. The summed E-state index contributed by atoms with van der Waals surface area (Å²) in [6, 6.07) is 5.39. The van der Waals surface area contributed by atoms with E-state index in [-0.39, 0.29) is 35.5 Å². The second-order valence-electron chi connectivity index (χ2n) is 1.54. The summed E-state index contributed by atoms with van der Waals surface area (Å²) < 4.78 is 5.06. The number of ether oxygens (including phenoxy) is 1. The van der Waals surface area contributed by atoms with Crippen LogP contribution in [-0.2, 0) is 0 Å². The molecule has 0 atom stereocenters. The zero-order valence-electron chi connectivity index (χ0n) is 6.38. The Hall–Kier alpha value is 0.00623. The van der Waals surface area contributed by atoms with E-state index in [2.05, 4.69) is 11.2 Å². The van der Waals surface area contributed by atoms with E-state index in [1.165, 1.54) is 0 Å². The van der Waals surface area contributed by atoms with Crippen molar-refractivity contribution in [2.45, 2.75) is 6.92 Å². The molecule has 0 unspecified atom stereocenters. The zero-order chi connectivity index (χ0) is 6.53. The maximum absolute atomic E-state index is 5.06. The number of pyridine rings is 1. The van der Waals surface area contributed by atoms with E-state index >= 15 is 0 Å². The monoisotopic (exact) mass is 181 g/mol. The second kappa shape index (κ2) is 8.11. The van der Waals surface area contributed by atoms with Crippen LogP contribution in [0.5, 0.6) is 5.88 Å². The molecular formula is C7H8ClMgNO. The van der Waals surface area contributed by atoms with Gasteiger partial charge in [-0.1, -0.05) is 6.20 Å². The van der Waals surface area contributed by atoms with Gasteiger partial charge in [-0.05, 0) is 6.92 Å². The number of hydrogen-bond acceptors (Lipinski definition) is 2. The Bertz CT molecular complexity index is 171. The SMILES string of the molecule is CCOc1ccc[c-]n1.[Cl-].[Mg+2]. The van der Waals surface area contributed by atoms with Gasteiger partial charge >= 0.3 is 23.1 Å². The van der Waals surface area contributed by atoms with Crippen molar-refractivity contribution in [2.24, 2.45) is 0 Å². The van der Waals surface area contributed by atoms with Crippen molar-refractivity contribution < 1.29 is 17.1 Å². The van der Waals surface area contributed by atoms with Crippen molar-refractivity contribution in [3.63, 3.8) is 0 Å². The third-order valence-electron chi connectivity index (χ3n) is 0.877. The first-order valence-corrected chi connectivity index (χ1v) is 2.89. The van der Waals surface area contributed by atoms with Crippen LogP contribution in [0, 0.1) is 6.20 Å². The molecule has 11 heavy (non-hydrogen) atoms. The van der Waals surface area contributed by atoms with Crippen LogP contribution in [0.2, 0.25) is 0 Å². The Morgan fingerprint density at radius 3 is 2.82 bits per heavy atom. The predicted octanol–water partition coefficient (Wildman–Crippen LogP) is -2.10. The van der Waals surface area contributed by atoms with Gasteiger partial charge in [0.2, 0.25) is 0 Å². The van der Waals surface area contributed by atoms with Gasteiger partial charge in [0.05, 0.1) is 12.5 Å². The maximum atomic E-state index is 5.06. The van der Waals surface area contributed by atoms with Gasteiger partial charge < -0.3 is 22.1 Å². The summed E-state index contributed by atoms with van der Waals surface area (Å²) >= 11 is 0. The second-order valence-corrected chi connectivity index (χ2v) is 1.54. The summed E-state index contributed by atoms with van der Waals surface area (Å²) in [6.45, 7) is 2.58. The van der Waals surface area contributed by atoms with E-state index < -0.39 is 0 Å². The molecule has 0 aliphatic heterocycles. The fourth-order valence-electron chi connectivity index (χ4n) is 0.540. The summed E-state index contributed by atoms with van der Waals surface area (Å²) in [5.41, 5.74) is 0. The van der Waals surface area contributed by atoms with Crippen LogP contribution in [0.25, 0.3) is 0 Å². The molecule has 1 aromatic heterocycles. The Labute approximate surface area is 88.9 Å². The number of hydrogen-bond donors (Lipinski definition) is 0. The van der Waals surface area contributed by atoms with E-state index in [0.717, 1.165) is 0 Å². The first-order valence-electron chi connectivity index (χ1n) is 2.89. The first-order chi connectivity index (χ1) is 4.43. The molecular weight excluding hydrogens is 174 g/mol. The normalized spacial score (nSPS) is 7.36. The van der Waals surface area contributed by atoms with Crippen LogP contribution in [0.15, 0.2) is 18.2 Å². The van der Waals surface area contributed by atoms with Gasteiger partial charge in [-0.2, -0.15) is 12.1 Å². The van der Waals surface area contributed by atoms with Gasteiger partial charge in [0.25, 0.3) is 0 Å². The molecule has 0 amide bonds. The minimum atomic E-state index is 0. The molecule has 0 aliphatic carbocycles. The van der Waals surface area contributed by atoms with Crippen LogP contribution in [0.4, 0.5) is 0 Å². The van der Waals surface area contributed by atoms with Gasteiger partial charge in [0, 0.05) is 0 Å². The summed E-state index contributed by atoms with van der Waals surface area (Å²) in [6.07, 6.45) is 2.67. The number of aromatic nitrogens is 1. The molecule has 56 valence electrons. The largest absolute Gasteiger partial charge is 2.00 e. The smallest absolute Gasteiger partial charge is 1.00 e.